The van der Waals surface area contributed by atoms with Gasteiger partial charge in [-0.15, -0.1) is 0 Å². The molecule has 12 nitrogen and oxygen atoms in total. The highest BCUT2D eigenvalue weighted by Crippen LogP contribution is 2.41. The van der Waals surface area contributed by atoms with Gasteiger partial charge in [-0.2, -0.15) is 0 Å². The summed E-state index contributed by atoms with van der Waals surface area (Å²) in [7, 11) is 8.20. The summed E-state index contributed by atoms with van der Waals surface area (Å²) in [5.74, 6) is 1.23. The van der Waals surface area contributed by atoms with Crippen LogP contribution in [0.25, 0.3) is 0 Å². The van der Waals surface area contributed by atoms with E-state index in [-0.39, 0.29) is 25.6 Å². The van der Waals surface area contributed by atoms with Crippen LogP contribution in [0.1, 0.15) is 44.7 Å². The fourth-order valence-corrected chi connectivity index (χ4v) is 6.28. The largest absolute Gasteiger partial charge is 0.497 e. The van der Waals surface area contributed by atoms with Gasteiger partial charge in [-0.05, 0) is 69.6 Å². The van der Waals surface area contributed by atoms with Crippen molar-refractivity contribution in [3.8, 4) is 11.5 Å². The summed E-state index contributed by atoms with van der Waals surface area (Å²) < 4.78 is 41.1. The number of likely N-dealkylation sites (N-methyl/N-ethyl adjacent to an activating group) is 1. The smallest absolute Gasteiger partial charge is 0.416 e. The van der Waals surface area contributed by atoms with Gasteiger partial charge in [-0.1, -0.05) is 36.0 Å². The first-order valence-corrected chi connectivity index (χ1v) is 16.4. The Morgan fingerprint density at radius 3 is 1.94 bits per heavy atom. The van der Waals surface area contributed by atoms with Crippen molar-refractivity contribution in [3.05, 3.63) is 59.7 Å². The van der Waals surface area contributed by atoms with Crippen molar-refractivity contribution in [3.63, 3.8) is 0 Å². The number of amidine groups is 1. The Hall–Kier alpha value is -3.36. The number of esters is 1. The molecule has 2 aliphatic rings. The van der Waals surface area contributed by atoms with Crippen LogP contribution >= 0.6 is 11.8 Å². The summed E-state index contributed by atoms with van der Waals surface area (Å²) in [6.07, 6.45) is -1.37. The minimum Gasteiger partial charge on any atom is -0.497 e. The van der Waals surface area contributed by atoms with Gasteiger partial charge in [0.1, 0.15) is 47.0 Å². The molecule has 0 saturated carbocycles. The van der Waals surface area contributed by atoms with Crippen molar-refractivity contribution in [1.82, 2.24) is 9.80 Å². The van der Waals surface area contributed by atoms with E-state index in [9.17, 15) is 9.59 Å². The fraction of sp³-hybridized carbons (Fsp3) is 0.559. The number of methoxy groups -OCH3 is 3. The lowest BCUT2D eigenvalue weighted by molar-refractivity contribution is -0.234. The SMILES string of the molecule is COC(=O)CCCN(C)[C@@H]1O[C@@H]2SC(N(C)C(=O)OC(C)(C)C)=N[C@@H]2[C@@H](OCc2ccc(OC)cc2)[C@H]1OCc1ccc(OC)cc1. The average molecular weight is 674 g/mol. The second-order valence-electron chi connectivity index (χ2n) is 12.4. The summed E-state index contributed by atoms with van der Waals surface area (Å²) >= 11 is 1.35. The molecule has 5 atom stereocenters. The number of amides is 1. The van der Waals surface area contributed by atoms with Gasteiger partial charge in [0.05, 0.1) is 34.5 Å². The molecule has 258 valence electrons. The van der Waals surface area contributed by atoms with Crippen LogP contribution in [0, 0.1) is 0 Å². The summed E-state index contributed by atoms with van der Waals surface area (Å²) in [5, 5.41) is 0.468. The Bertz CT molecular complexity index is 1350. The quantitative estimate of drug-likeness (QED) is 0.265. The maximum atomic E-state index is 13.0. The second kappa shape index (κ2) is 16.6. The van der Waals surface area contributed by atoms with Crippen LogP contribution in [-0.4, -0.2) is 105 Å². The topological polar surface area (TPSA) is 118 Å². The van der Waals surface area contributed by atoms with Crippen LogP contribution in [0.3, 0.4) is 0 Å². The van der Waals surface area contributed by atoms with Crippen LogP contribution in [0.2, 0.25) is 0 Å². The molecule has 0 aromatic heterocycles. The molecule has 47 heavy (non-hydrogen) atoms. The van der Waals surface area contributed by atoms with Gasteiger partial charge in [0.2, 0.25) is 0 Å². The molecule has 0 spiro atoms. The van der Waals surface area contributed by atoms with Gasteiger partial charge in [0.15, 0.2) is 5.17 Å². The highest BCUT2D eigenvalue weighted by Gasteiger charge is 2.52. The van der Waals surface area contributed by atoms with Gasteiger partial charge >= 0.3 is 12.1 Å². The molecule has 4 rings (SSSR count). The number of fused-ring (bicyclic) bond motifs is 1. The summed E-state index contributed by atoms with van der Waals surface area (Å²) in [6.45, 7) is 6.57. The molecule has 1 saturated heterocycles. The zero-order valence-corrected chi connectivity index (χ0v) is 29.3. The van der Waals surface area contributed by atoms with Crippen LogP contribution in [0.4, 0.5) is 4.79 Å². The molecule has 2 aliphatic heterocycles. The molecule has 0 aliphatic carbocycles. The second-order valence-corrected chi connectivity index (χ2v) is 13.4. The number of nitrogens with zero attached hydrogens (tertiary/aromatic N) is 3. The van der Waals surface area contributed by atoms with Crippen molar-refractivity contribution < 1.29 is 42.7 Å². The Balaban J connectivity index is 1.64. The van der Waals surface area contributed by atoms with E-state index in [0.717, 1.165) is 22.6 Å². The first-order valence-electron chi connectivity index (χ1n) is 15.5. The summed E-state index contributed by atoms with van der Waals surface area (Å²) in [4.78, 5) is 33.2. The standard InChI is InChI=1S/C34H47N3O9S/c1-34(2,3)46-33(39)37(5)32-35-27-28(43-20-22-11-15-24(40-6)16-12-22)29(44-21-23-13-17-25(41-7)18-14-23)30(45-31(27)47-32)36(4)19-9-10-26(38)42-8/h11-18,27-31H,9-10,19-21H2,1-8H3/t27-,28-,29-,30-,31-/m1/s1. The van der Waals surface area contributed by atoms with E-state index in [0.29, 0.717) is 18.1 Å². The van der Waals surface area contributed by atoms with Gasteiger partial charge in [-0.3, -0.25) is 19.6 Å². The Labute approximate surface area is 281 Å². The Morgan fingerprint density at radius 2 is 1.43 bits per heavy atom. The number of benzene rings is 2. The van der Waals surface area contributed by atoms with Crippen molar-refractivity contribution in [2.75, 3.05) is 42.0 Å². The third-order valence-corrected chi connectivity index (χ3v) is 8.90. The van der Waals surface area contributed by atoms with E-state index in [4.69, 9.17) is 38.2 Å². The molecule has 0 N–H and O–H groups in total. The van der Waals surface area contributed by atoms with E-state index in [1.165, 1.54) is 23.8 Å². The van der Waals surface area contributed by atoms with Gasteiger partial charge < -0.3 is 33.2 Å². The number of hydrogen-bond donors (Lipinski definition) is 0. The van der Waals surface area contributed by atoms with Crippen LogP contribution in [0.15, 0.2) is 53.5 Å². The maximum Gasteiger partial charge on any atom is 0.416 e. The van der Waals surface area contributed by atoms with Gasteiger partial charge in [-0.25, -0.2) is 4.79 Å². The highest BCUT2D eigenvalue weighted by atomic mass is 32.2. The van der Waals surface area contributed by atoms with Crippen LogP contribution in [0.5, 0.6) is 11.5 Å². The minimum absolute atomic E-state index is 0.273. The third kappa shape index (κ3) is 10.1. The molecular weight excluding hydrogens is 626 g/mol. The average Bonchev–Trinajstić information content (AvgIpc) is 3.49. The predicted molar refractivity (Wildman–Crippen MR) is 178 cm³/mol. The zero-order chi connectivity index (χ0) is 34.1. The van der Waals surface area contributed by atoms with E-state index in [2.05, 4.69) is 0 Å². The van der Waals surface area contributed by atoms with E-state index in [1.54, 1.807) is 21.3 Å². The summed E-state index contributed by atoms with van der Waals surface area (Å²) in [5.41, 5.74) is 0.764. The van der Waals surface area contributed by atoms with Crippen molar-refractivity contribution in [2.45, 2.75) is 82.3 Å². The number of carbonyl (C=O) groups excluding carboxylic acids is 2. The molecule has 2 aromatic rings. The van der Waals surface area contributed by atoms with Crippen molar-refractivity contribution in [1.29, 1.82) is 0 Å². The Kier molecular flexibility index (Phi) is 12.9. The molecule has 0 bridgehead atoms. The van der Waals surface area contributed by atoms with Crippen molar-refractivity contribution in [2.24, 2.45) is 4.99 Å². The number of rotatable bonds is 13. The molecule has 0 unspecified atom stereocenters. The normalized spacial score (nSPS) is 22.3. The van der Waals surface area contributed by atoms with Crippen LogP contribution < -0.4 is 9.47 Å². The first-order chi connectivity index (χ1) is 22.4. The first kappa shape index (κ1) is 36.5. The highest BCUT2D eigenvalue weighted by molar-refractivity contribution is 8.14. The van der Waals surface area contributed by atoms with Gasteiger partial charge in [0.25, 0.3) is 0 Å². The van der Waals surface area contributed by atoms with Gasteiger partial charge in [0, 0.05) is 20.0 Å². The molecule has 13 heteroatoms. The lowest BCUT2D eigenvalue weighted by Crippen LogP contribution is -2.61. The summed E-state index contributed by atoms with van der Waals surface area (Å²) in [6, 6.07) is 14.9. The lowest BCUT2D eigenvalue weighted by Gasteiger charge is -2.45. The van der Waals surface area contributed by atoms with E-state index < -0.39 is 41.6 Å². The number of ether oxygens (including phenoxy) is 7. The Morgan fingerprint density at radius 1 is 0.872 bits per heavy atom. The van der Waals surface area contributed by atoms with Crippen molar-refractivity contribution >= 4 is 29.0 Å². The number of aliphatic imine (C=N–C) groups is 1. The molecule has 1 amide bonds. The maximum absolute atomic E-state index is 13.0. The third-order valence-electron chi connectivity index (χ3n) is 7.69. The number of carbonyl (C=O) groups is 2. The number of thioether (sulfide) groups is 1. The fourth-order valence-electron chi connectivity index (χ4n) is 5.13. The van der Waals surface area contributed by atoms with E-state index in [1.807, 2.05) is 81.2 Å². The van der Waals surface area contributed by atoms with Crippen LogP contribution in [-0.2, 0) is 41.7 Å². The predicted octanol–water partition coefficient (Wildman–Crippen LogP) is 5.08. The lowest BCUT2D eigenvalue weighted by atomic mass is 10.00. The molecule has 2 aromatic carbocycles. The molecular formula is C34H47N3O9S. The molecule has 2 heterocycles. The zero-order valence-electron chi connectivity index (χ0n) is 28.5. The molecule has 0 radical (unpaired) electrons. The van der Waals surface area contributed by atoms with E-state index >= 15 is 0 Å². The molecule has 1 fully saturated rings. The minimum atomic E-state index is -0.666. The number of hydrogen-bond acceptors (Lipinski definition) is 12. The monoisotopic (exact) mass is 673 g/mol.